The average Bonchev–Trinajstić information content (AvgIpc) is 3.37. The number of ether oxygens (including phenoxy) is 3. The van der Waals surface area contributed by atoms with Gasteiger partial charge in [-0.1, -0.05) is 84.1 Å². The van der Waals surface area contributed by atoms with Gasteiger partial charge in [-0.15, -0.1) is 0 Å². The Kier molecular flexibility index (Phi) is 8.89. The number of nitrogens with zero attached hydrogens (tertiary/aromatic N) is 2. The van der Waals surface area contributed by atoms with Gasteiger partial charge in [-0.05, 0) is 60.5 Å². The van der Waals surface area contributed by atoms with Crippen LogP contribution in [0.15, 0.2) is 130 Å². The molecule has 2 heterocycles. The molecule has 0 saturated heterocycles. The van der Waals surface area contributed by atoms with Gasteiger partial charge in [0.2, 0.25) is 0 Å². The highest BCUT2D eigenvalue weighted by Crippen LogP contribution is 2.31. The topological polar surface area (TPSA) is 91.2 Å². The van der Waals surface area contributed by atoms with E-state index in [9.17, 15) is 9.59 Å². The van der Waals surface area contributed by atoms with Gasteiger partial charge in [0, 0.05) is 5.69 Å². The van der Waals surface area contributed by atoms with E-state index in [1.807, 2.05) is 109 Å². The van der Waals surface area contributed by atoms with Crippen LogP contribution in [0.5, 0.6) is 17.2 Å². The smallest absolute Gasteiger partial charge is 0.271 e. The van der Waals surface area contributed by atoms with Crippen molar-refractivity contribution in [3.63, 3.8) is 0 Å². The SMILES string of the molecule is COc1cc(/C=c2\sc3n(c2=O)C(c2ccccc2)C(C(=O)Nc2ccccc2)=C(C)N=3)ccc1OCCOc1ccccc1. The highest BCUT2D eigenvalue weighted by molar-refractivity contribution is 7.07. The first-order valence-corrected chi connectivity index (χ1v) is 15.3. The molecule has 0 bridgehead atoms. The van der Waals surface area contributed by atoms with Crippen LogP contribution in [0.3, 0.4) is 0 Å². The number of aromatic nitrogens is 1. The molecule has 9 heteroatoms. The van der Waals surface area contributed by atoms with Crippen LogP contribution in [0, 0.1) is 0 Å². The van der Waals surface area contributed by atoms with Crippen LogP contribution in [0.4, 0.5) is 5.69 Å². The van der Waals surface area contributed by atoms with E-state index in [0.717, 1.165) is 16.9 Å². The molecule has 0 radical (unpaired) electrons. The maximum absolute atomic E-state index is 14.0. The van der Waals surface area contributed by atoms with E-state index in [1.165, 1.54) is 11.3 Å². The van der Waals surface area contributed by atoms with E-state index in [-0.39, 0.29) is 11.5 Å². The molecule has 6 rings (SSSR count). The number of fused-ring (bicyclic) bond motifs is 1. The number of nitrogens with one attached hydrogen (secondary N) is 1. The van der Waals surface area contributed by atoms with E-state index < -0.39 is 6.04 Å². The molecule has 0 fully saturated rings. The van der Waals surface area contributed by atoms with Crippen molar-refractivity contribution in [3.05, 3.63) is 151 Å². The van der Waals surface area contributed by atoms with Crippen LogP contribution < -0.4 is 34.4 Å². The minimum absolute atomic E-state index is 0.234. The maximum Gasteiger partial charge on any atom is 0.271 e. The number of hydrogen-bond acceptors (Lipinski definition) is 7. The molecule has 5 aromatic rings. The lowest BCUT2D eigenvalue weighted by molar-refractivity contribution is -0.113. The van der Waals surface area contributed by atoms with Crippen LogP contribution in [-0.2, 0) is 4.79 Å². The molecule has 45 heavy (non-hydrogen) atoms. The van der Waals surface area contributed by atoms with E-state index in [1.54, 1.807) is 24.7 Å². The fourth-order valence-corrected chi connectivity index (χ4v) is 6.20. The summed E-state index contributed by atoms with van der Waals surface area (Å²) in [6.45, 7) is 2.52. The number of rotatable bonds is 10. The van der Waals surface area contributed by atoms with Gasteiger partial charge in [0.15, 0.2) is 16.3 Å². The van der Waals surface area contributed by atoms with Gasteiger partial charge in [-0.2, -0.15) is 0 Å². The Morgan fingerprint density at radius 2 is 1.56 bits per heavy atom. The number of amides is 1. The normalized spacial score (nSPS) is 14.4. The summed E-state index contributed by atoms with van der Waals surface area (Å²) in [4.78, 5) is 32.9. The molecule has 1 amide bonds. The number of anilines is 1. The van der Waals surface area contributed by atoms with E-state index >= 15 is 0 Å². The third-order valence-corrected chi connectivity index (χ3v) is 8.23. The predicted octanol–water partition coefficient (Wildman–Crippen LogP) is 5.34. The molecule has 1 atom stereocenters. The zero-order valence-corrected chi connectivity index (χ0v) is 25.6. The number of thiazole rings is 1. The Hall–Kier alpha value is -5.41. The Morgan fingerprint density at radius 1 is 0.889 bits per heavy atom. The standard InChI is InChI=1S/C36H31N3O5S/c1-24-32(34(40)38-27-14-8-4-9-15-27)33(26-12-6-3-7-13-26)39-35(41)31(45-36(39)37-24)23-25-18-19-29(30(22-25)42-2)44-21-20-43-28-16-10-5-11-17-28/h3-19,22-23,33H,20-21H2,1-2H3,(H,38,40)/b31-23-. The molecule has 8 nitrogen and oxygen atoms in total. The average molecular weight is 618 g/mol. The largest absolute Gasteiger partial charge is 0.493 e. The Labute approximate surface area is 264 Å². The van der Waals surface area contributed by atoms with Crippen LogP contribution in [0.2, 0.25) is 0 Å². The summed E-state index contributed by atoms with van der Waals surface area (Å²) in [7, 11) is 1.57. The van der Waals surface area contributed by atoms with Gasteiger partial charge < -0.3 is 19.5 Å². The molecule has 1 aliphatic heterocycles. The predicted molar refractivity (Wildman–Crippen MR) is 176 cm³/mol. The number of carbonyl (C=O) groups excluding carboxylic acids is 1. The number of allylic oxidation sites excluding steroid dienone is 1. The van der Waals surface area contributed by atoms with Gasteiger partial charge in [-0.25, -0.2) is 4.99 Å². The van der Waals surface area contributed by atoms with Crippen LogP contribution in [0.1, 0.15) is 24.1 Å². The summed E-state index contributed by atoms with van der Waals surface area (Å²) in [6, 6.07) is 33.2. The molecule has 1 aliphatic rings. The van der Waals surface area contributed by atoms with Gasteiger partial charge in [0.1, 0.15) is 19.0 Å². The second-order valence-electron chi connectivity index (χ2n) is 10.2. The summed E-state index contributed by atoms with van der Waals surface area (Å²) >= 11 is 1.28. The lowest BCUT2D eigenvalue weighted by atomic mass is 9.95. The fourth-order valence-electron chi connectivity index (χ4n) is 5.15. The Morgan fingerprint density at radius 3 is 2.27 bits per heavy atom. The lowest BCUT2D eigenvalue weighted by Gasteiger charge is -2.25. The molecule has 1 unspecified atom stereocenters. The van der Waals surface area contributed by atoms with Crippen LogP contribution in [0.25, 0.3) is 6.08 Å². The minimum atomic E-state index is -0.642. The van der Waals surface area contributed by atoms with Gasteiger partial charge in [-0.3, -0.25) is 14.2 Å². The highest BCUT2D eigenvalue weighted by atomic mass is 32.1. The summed E-state index contributed by atoms with van der Waals surface area (Å²) < 4.78 is 19.3. The first-order chi connectivity index (χ1) is 22.0. The molecule has 226 valence electrons. The van der Waals surface area contributed by atoms with E-state index in [0.29, 0.717) is 51.0 Å². The van der Waals surface area contributed by atoms with Crippen molar-refractivity contribution in [2.75, 3.05) is 25.6 Å². The summed E-state index contributed by atoms with van der Waals surface area (Å²) in [5.74, 6) is 1.58. The zero-order valence-electron chi connectivity index (χ0n) is 24.8. The number of carbonyl (C=O) groups is 1. The molecule has 4 aromatic carbocycles. The fraction of sp³-hybridized carbons (Fsp3) is 0.139. The molecule has 1 aromatic heterocycles. The summed E-state index contributed by atoms with van der Waals surface area (Å²) in [6.07, 6.45) is 1.81. The highest BCUT2D eigenvalue weighted by Gasteiger charge is 2.32. The third-order valence-electron chi connectivity index (χ3n) is 7.25. The van der Waals surface area contributed by atoms with Gasteiger partial charge in [0.25, 0.3) is 11.5 Å². The van der Waals surface area contributed by atoms with Crippen molar-refractivity contribution in [1.82, 2.24) is 4.57 Å². The first-order valence-electron chi connectivity index (χ1n) is 14.4. The zero-order chi connectivity index (χ0) is 31.2. The Bertz CT molecular complexity index is 2020. The molecular weight excluding hydrogens is 586 g/mol. The number of para-hydroxylation sites is 2. The van der Waals surface area contributed by atoms with E-state index in [2.05, 4.69) is 5.32 Å². The molecule has 0 saturated carbocycles. The third kappa shape index (κ3) is 6.58. The monoisotopic (exact) mass is 617 g/mol. The lowest BCUT2D eigenvalue weighted by Crippen LogP contribution is -2.40. The van der Waals surface area contributed by atoms with Crippen molar-refractivity contribution in [2.45, 2.75) is 13.0 Å². The quantitative estimate of drug-likeness (QED) is 0.214. The van der Waals surface area contributed by atoms with Crippen molar-refractivity contribution in [3.8, 4) is 17.2 Å². The maximum atomic E-state index is 14.0. The molecule has 1 N–H and O–H groups in total. The number of hydrogen-bond donors (Lipinski definition) is 1. The first kappa shape index (κ1) is 29.7. The Balaban J connectivity index is 1.30. The van der Waals surface area contributed by atoms with Gasteiger partial charge >= 0.3 is 0 Å². The number of methoxy groups -OCH3 is 1. The second kappa shape index (κ2) is 13.5. The van der Waals surface area contributed by atoms with Gasteiger partial charge in [0.05, 0.1) is 29.0 Å². The number of benzene rings is 4. The van der Waals surface area contributed by atoms with Crippen molar-refractivity contribution >= 4 is 29.0 Å². The van der Waals surface area contributed by atoms with Crippen molar-refractivity contribution in [2.24, 2.45) is 4.99 Å². The van der Waals surface area contributed by atoms with Crippen LogP contribution >= 0.6 is 11.3 Å². The second-order valence-corrected chi connectivity index (χ2v) is 11.2. The van der Waals surface area contributed by atoms with Crippen LogP contribution in [-0.4, -0.2) is 30.8 Å². The van der Waals surface area contributed by atoms with Crippen molar-refractivity contribution in [1.29, 1.82) is 0 Å². The van der Waals surface area contributed by atoms with Crippen molar-refractivity contribution < 1.29 is 19.0 Å². The molecule has 0 spiro atoms. The molecule has 0 aliphatic carbocycles. The summed E-state index contributed by atoms with van der Waals surface area (Å²) in [5, 5.41) is 2.97. The van der Waals surface area contributed by atoms with E-state index in [4.69, 9.17) is 19.2 Å². The molecular formula is C36H31N3O5S. The minimum Gasteiger partial charge on any atom is -0.493 e. The summed E-state index contributed by atoms with van der Waals surface area (Å²) in [5.41, 5.74) is 2.99.